The topological polar surface area (TPSA) is 36.9 Å². The van der Waals surface area contributed by atoms with Crippen LogP contribution in [0.25, 0.3) is 0 Å². The van der Waals surface area contributed by atoms with E-state index in [1.54, 1.807) is 0 Å². The van der Waals surface area contributed by atoms with Gasteiger partial charge in [0.1, 0.15) is 22.9 Å². The van der Waals surface area contributed by atoms with Crippen LogP contribution >= 0.6 is 0 Å². The van der Waals surface area contributed by atoms with Crippen molar-refractivity contribution in [1.29, 1.82) is 0 Å². The first-order chi connectivity index (χ1) is 19.1. The second-order valence-corrected chi connectivity index (χ2v) is 9.79. The molecular formula is C28H28F8O4. The van der Waals surface area contributed by atoms with Crippen LogP contribution in [0.3, 0.4) is 0 Å². The van der Waals surface area contributed by atoms with Crippen molar-refractivity contribution in [3.8, 4) is 11.5 Å². The summed E-state index contributed by atoms with van der Waals surface area (Å²) in [5.74, 6) is -5.72. The van der Waals surface area contributed by atoms with Gasteiger partial charge >= 0.3 is 12.7 Å². The van der Waals surface area contributed by atoms with Crippen LogP contribution in [-0.4, -0.2) is 26.5 Å². The van der Waals surface area contributed by atoms with Gasteiger partial charge in [0.15, 0.2) is 17.9 Å². The lowest BCUT2D eigenvalue weighted by Gasteiger charge is -2.37. The average molecular weight is 581 g/mol. The number of rotatable bonds is 10. The number of benzene rings is 2. The van der Waals surface area contributed by atoms with Crippen LogP contribution < -0.4 is 9.47 Å². The quantitative estimate of drug-likeness (QED) is 0.210. The monoisotopic (exact) mass is 580 g/mol. The summed E-state index contributed by atoms with van der Waals surface area (Å²) in [5, 5.41) is 0. The average Bonchev–Trinajstić information content (AvgIpc) is 2.90. The molecule has 40 heavy (non-hydrogen) atoms. The van der Waals surface area contributed by atoms with Crippen molar-refractivity contribution in [3.63, 3.8) is 0 Å². The fourth-order valence-electron chi connectivity index (χ4n) is 5.09. The molecule has 4 rings (SSSR count). The highest BCUT2D eigenvalue weighted by atomic mass is 19.3. The molecule has 0 amide bonds. The van der Waals surface area contributed by atoms with Crippen LogP contribution in [0.15, 0.2) is 42.5 Å². The number of hydrogen-bond acceptors (Lipinski definition) is 4. The van der Waals surface area contributed by atoms with E-state index in [1.807, 2.05) is 6.08 Å². The van der Waals surface area contributed by atoms with Gasteiger partial charge in [0.05, 0.1) is 19.9 Å². The highest BCUT2D eigenvalue weighted by Crippen LogP contribution is 2.40. The van der Waals surface area contributed by atoms with Gasteiger partial charge in [-0.05, 0) is 68.2 Å². The third-order valence-corrected chi connectivity index (χ3v) is 7.08. The van der Waals surface area contributed by atoms with E-state index in [-0.39, 0.29) is 31.4 Å². The molecule has 4 nitrogen and oxygen atoms in total. The molecule has 2 aromatic rings. The smallest absolute Gasteiger partial charge is 0.432 e. The SMILES string of the molecule is FCCC=CC1CCC(C2COC(c3cc(F)c(C(F)(F)Oc4ccc(OC(F)F)c(F)c4)c(F)c3)OC2)CC1. The van der Waals surface area contributed by atoms with E-state index in [1.165, 1.54) is 0 Å². The van der Waals surface area contributed by atoms with Crippen molar-refractivity contribution >= 4 is 0 Å². The molecule has 2 aliphatic rings. The standard InChI is InChI=1S/C28H28F8O4/c29-10-2-1-3-16-4-6-17(7-5-16)19-14-37-26(38-15-19)18-11-22(31)25(23(32)12-18)28(35,36)40-20-8-9-24(21(30)13-20)39-27(33)34/h1,3,8-9,11-13,16-17,19,26-27H,2,4-7,10,14-15H2. The predicted molar refractivity (Wildman–Crippen MR) is 127 cm³/mol. The lowest BCUT2D eigenvalue weighted by Crippen LogP contribution is -2.34. The fourth-order valence-corrected chi connectivity index (χ4v) is 5.09. The Labute approximate surface area is 225 Å². The fraction of sp³-hybridized carbons (Fsp3) is 0.500. The number of alkyl halides is 5. The third-order valence-electron chi connectivity index (χ3n) is 7.08. The van der Waals surface area contributed by atoms with E-state index in [9.17, 15) is 35.1 Å². The Morgan fingerprint density at radius 2 is 1.55 bits per heavy atom. The lowest BCUT2D eigenvalue weighted by atomic mass is 9.76. The molecular weight excluding hydrogens is 552 g/mol. The Hall–Kier alpha value is -2.86. The molecule has 1 heterocycles. The molecule has 0 radical (unpaired) electrons. The molecule has 0 unspecified atom stereocenters. The van der Waals surface area contributed by atoms with E-state index in [0.717, 1.165) is 25.7 Å². The molecule has 0 N–H and O–H groups in total. The van der Waals surface area contributed by atoms with Crippen LogP contribution in [0.4, 0.5) is 35.1 Å². The maximum Gasteiger partial charge on any atom is 0.432 e. The summed E-state index contributed by atoms with van der Waals surface area (Å²) in [7, 11) is 0. The molecule has 1 saturated heterocycles. The Kier molecular flexibility index (Phi) is 9.94. The van der Waals surface area contributed by atoms with E-state index >= 15 is 0 Å². The molecule has 2 fully saturated rings. The number of allylic oxidation sites excluding steroid dienone is 2. The molecule has 1 aliphatic heterocycles. The maximum atomic E-state index is 14.8. The molecule has 1 saturated carbocycles. The number of halogens is 8. The number of ether oxygens (including phenoxy) is 4. The van der Waals surface area contributed by atoms with Crippen molar-refractivity contribution < 1.29 is 54.1 Å². The van der Waals surface area contributed by atoms with E-state index in [2.05, 4.69) is 15.5 Å². The van der Waals surface area contributed by atoms with Gasteiger partial charge in [0.25, 0.3) is 0 Å². The Bertz CT molecular complexity index is 1140. The third kappa shape index (κ3) is 7.45. The Balaban J connectivity index is 1.36. The van der Waals surface area contributed by atoms with E-state index in [0.29, 0.717) is 48.6 Å². The summed E-state index contributed by atoms with van der Waals surface area (Å²) in [6.45, 7) is -3.21. The zero-order valence-corrected chi connectivity index (χ0v) is 21.2. The molecule has 0 atom stereocenters. The lowest BCUT2D eigenvalue weighted by molar-refractivity contribution is -0.215. The number of hydrogen-bond donors (Lipinski definition) is 0. The van der Waals surface area contributed by atoms with Gasteiger partial charge in [-0.15, -0.1) is 0 Å². The molecule has 220 valence electrons. The normalized spacial score (nSPS) is 24.0. The zero-order chi connectivity index (χ0) is 28.9. The Morgan fingerprint density at radius 1 is 0.900 bits per heavy atom. The van der Waals surface area contributed by atoms with E-state index in [4.69, 9.17) is 9.47 Å². The van der Waals surface area contributed by atoms with Crippen LogP contribution in [-0.2, 0) is 15.6 Å². The summed E-state index contributed by atoms with van der Waals surface area (Å²) < 4.78 is 129. The predicted octanol–water partition coefficient (Wildman–Crippen LogP) is 8.22. The molecule has 0 bridgehead atoms. The maximum absolute atomic E-state index is 14.8. The van der Waals surface area contributed by atoms with Gasteiger partial charge in [0, 0.05) is 17.5 Å². The van der Waals surface area contributed by atoms with Crippen LogP contribution in [0.5, 0.6) is 11.5 Å². The van der Waals surface area contributed by atoms with Gasteiger partial charge in [-0.2, -0.15) is 17.6 Å². The van der Waals surface area contributed by atoms with Crippen molar-refractivity contribution in [3.05, 3.63) is 71.1 Å². The highest BCUT2D eigenvalue weighted by Gasteiger charge is 2.42. The first kappa shape index (κ1) is 30.1. The summed E-state index contributed by atoms with van der Waals surface area (Å²) in [5.41, 5.74) is -1.87. The first-order valence-electron chi connectivity index (χ1n) is 12.8. The summed E-state index contributed by atoms with van der Waals surface area (Å²) in [4.78, 5) is 0. The zero-order valence-electron chi connectivity index (χ0n) is 21.2. The van der Waals surface area contributed by atoms with E-state index < -0.39 is 53.5 Å². The van der Waals surface area contributed by atoms with Crippen molar-refractivity contribution in [1.82, 2.24) is 0 Å². The second-order valence-electron chi connectivity index (χ2n) is 9.79. The Morgan fingerprint density at radius 3 is 2.12 bits per heavy atom. The second kappa shape index (κ2) is 13.2. The van der Waals surface area contributed by atoms with Gasteiger partial charge in [-0.1, -0.05) is 12.2 Å². The van der Waals surface area contributed by atoms with Crippen molar-refractivity contribution in [2.24, 2.45) is 17.8 Å². The summed E-state index contributed by atoms with van der Waals surface area (Å²) in [6, 6.07) is 2.93. The van der Waals surface area contributed by atoms with Crippen molar-refractivity contribution in [2.75, 3.05) is 19.9 Å². The van der Waals surface area contributed by atoms with Gasteiger partial charge < -0.3 is 18.9 Å². The minimum Gasteiger partial charge on any atom is -0.432 e. The largest absolute Gasteiger partial charge is 0.432 e. The molecule has 2 aromatic carbocycles. The highest BCUT2D eigenvalue weighted by molar-refractivity contribution is 5.35. The van der Waals surface area contributed by atoms with Gasteiger partial charge in [-0.3, -0.25) is 4.39 Å². The summed E-state index contributed by atoms with van der Waals surface area (Å²) >= 11 is 0. The van der Waals surface area contributed by atoms with Crippen LogP contribution in [0.1, 0.15) is 49.5 Å². The molecule has 12 heteroatoms. The van der Waals surface area contributed by atoms with Crippen LogP contribution in [0.2, 0.25) is 0 Å². The minimum absolute atomic E-state index is 0.0663. The molecule has 0 aromatic heterocycles. The minimum atomic E-state index is -4.58. The summed E-state index contributed by atoms with van der Waals surface area (Å²) in [6.07, 6.45) is 2.37. The van der Waals surface area contributed by atoms with Crippen molar-refractivity contribution in [2.45, 2.75) is 51.1 Å². The van der Waals surface area contributed by atoms with Gasteiger partial charge in [0.2, 0.25) is 0 Å². The molecule has 1 aliphatic carbocycles. The first-order valence-corrected chi connectivity index (χ1v) is 12.8. The van der Waals surface area contributed by atoms with Gasteiger partial charge in [-0.25, -0.2) is 13.2 Å². The van der Waals surface area contributed by atoms with Crippen LogP contribution in [0, 0.1) is 35.2 Å². The molecule has 0 spiro atoms.